The largest absolute Gasteiger partial charge is 0.452 e. The van der Waals surface area contributed by atoms with Crippen molar-refractivity contribution >= 4 is 29.5 Å². The maximum Gasteiger partial charge on any atom is 0.340 e. The highest BCUT2D eigenvalue weighted by atomic mass is 16.5. The first-order valence-electron chi connectivity index (χ1n) is 8.73. The summed E-state index contributed by atoms with van der Waals surface area (Å²) < 4.78 is 4.94. The third kappa shape index (κ3) is 6.62. The molecule has 4 amide bonds. The average molecular weight is 395 g/mol. The first-order chi connectivity index (χ1) is 13.9. The van der Waals surface area contributed by atoms with Crippen LogP contribution in [0, 0.1) is 6.92 Å². The quantitative estimate of drug-likeness (QED) is 0.492. The molecule has 0 aliphatic rings. The Balaban J connectivity index is 1.99. The van der Waals surface area contributed by atoms with Gasteiger partial charge in [-0.2, -0.15) is 0 Å². The fraction of sp³-hybridized carbons (Fsp3) is 0.143. The van der Waals surface area contributed by atoms with E-state index in [2.05, 4.69) is 17.2 Å². The normalized spacial score (nSPS) is 9.83. The van der Waals surface area contributed by atoms with Gasteiger partial charge in [-0.1, -0.05) is 35.9 Å². The number of esters is 1. The number of hydrogen-bond donors (Lipinski definition) is 3. The van der Waals surface area contributed by atoms with Gasteiger partial charge in [0, 0.05) is 12.1 Å². The lowest BCUT2D eigenvalue weighted by molar-refractivity contribution is -0.123. The average Bonchev–Trinajstić information content (AvgIpc) is 2.70. The lowest BCUT2D eigenvalue weighted by Crippen LogP contribution is -2.41. The van der Waals surface area contributed by atoms with Crippen LogP contribution in [0.2, 0.25) is 0 Å². The van der Waals surface area contributed by atoms with Gasteiger partial charge in [0.05, 0.1) is 11.3 Å². The van der Waals surface area contributed by atoms with Gasteiger partial charge in [0.15, 0.2) is 6.61 Å². The number of aryl methyl sites for hydroxylation is 1. The van der Waals surface area contributed by atoms with Crippen molar-refractivity contribution < 1.29 is 23.9 Å². The Labute approximate surface area is 167 Å². The zero-order valence-corrected chi connectivity index (χ0v) is 15.9. The van der Waals surface area contributed by atoms with Crippen LogP contribution < -0.4 is 16.0 Å². The second-order valence-corrected chi connectivity index (χ2v) is 5.99. The molecule has 0 atom stereocenters. The minimum absolute atomic E-state index is 0.0809. The molecule has 8 heteroatoms. The molecule has 8 nitrogen and oxygen atoms in total. The molecule has 0 fully saturated rings. The molecule has 0 radical (unpaired) electrons. The number of hydrogen-bond acceptors (Lipinski definition) is 5. The van der Waals surface area contributed by atoms with Gasteiger partial charge < -0.3 is 15.4 Å². The van der Waals surface area contributed by atoms with Gasteiger partial charge in [-0.3, -0.25) is 14.9 Å². The number of carbonyl (C=O) groups is 4. The zero-order chi connectivity index (χ0) is 21.2. The number of anilines is 1. The van der Waals surface area contributed by atoms with Crippen LogP contribution in [0.25, 0.3) is 0 Å². The molecular weight excluding hydrogens is 374 g/mol. The Morgan fingerprint density at radius 2 is 1.83 bits per heavy atom. The summed E-state index contributed by atoms with van der Waals surface area (Å²) in [5, 5.41) is 7.03. The molecule has 0 heterocycles. The molecule has 0 aromatic heterocycles. The lowest BCUT2D eigenvalue weighted by atomic mass is 10.1. The van der Waals surface area contributed by atoms with Crippen LogP contribution in [0.4, 0.5) is 10.5 Å². The Kier molecular flexibility index (Phi) is 7.67. The molecular formula is C21H21N3O5. The van der Waals surface area contributed by atoms with E-state index in [1.807, 2.05) is 18.3 Å². The van der Waals surface area contributed by atoms with Crippen molar-refractivity contribution in [3.05, 3.63) is 77.9 Å². The van der Waals surface area contributed by atoms with E-state index in [1.54, 1.807) is 36.4 Å². The van der Waals surface area contributed by atoms with Gasteiger partial charge in [0.25, 0.3) is 11.8 Å². The molecule has 3 N–H and O–H groups in total. The van der Waals surface area contributed by atoms with E-state index in [0.717, 1.165) is 5.56 Å². The topological polar surface area (TPSA) is 114 Å². The highest BCUT2D eigenvalue weighted by molar-refractivity contribution is 6.08. The van der Waals surface area contributed by atoms with Crippen molar-refractivity contribution in [3.8, 4) is 0 Å². The van der Waals surface area contributed by atoms with E-state index in [4.69, 9.17) is 4.74 Å². The van der Waals surface area contributed by atoms with E-state index in [-0.39, 0.29) is 23.7 Å². The monoisotopic (exact) mass is 395 g/mol. The molecule has 29 heavy (non-hydrogen) atoms. The highest BCUT2D eigenvalue weighted by Gasteiger charge is 2.17. The molecule has 2 aromatic carbocycles. The number of para-hydroxylation sites is 1. The van der Waals surface area contributed by atoms with Crippen molar-refractivity contribution in [2.75, 3.05) is 18.5 Å². The van der Waals surface area contributed by atoms with Crippen molar-refractivity contribution in [2.24, 2.45) is 0 Å². The van der Waals surface area contributed by atoms with Crippen molar-refractivity contribution in [1.29, 1.82) is 0 Å². The summed E-state index contributed by atoms with van der Waals surface area (Å²) in [6.07, 6.45) is 1.45. The van der Waals surface area contributed by atoms with E-state index in [9.17, 15) is 19.2 Å². The van der Waals surface area contributed by atoms with Crippen LogP contribution in [0.3, 0.4) is 0 Å². The first-order valence-corrected chi connectivity index (χ1v) is 8.73. The second-order valence-electron chi connectivity index (χ2n) is 5.99. The molecule has 150 valence electrons. The summed E-state index contributed by atoms with van der Waals surface area (Å²) in [5.74, 6) is -1.99. The molecule has 0 saturated carbocycles. The van der Waals surface area contributed by atoms with Gasteiger partial charge in [-0.15, -0.1) is 6.58 Å². The standard InChI is InChI=1S/C21H21N3O5/c1-3-11-22-21(28)24-18(25)13-29-20(27)16-9-4-5-10-17(16)23-19(26)15-8-6-7-14(2)12-15/h3-10,12H,1,11,13H2,2H3,(H,23,26)(H2,22,24,25,28). The molecule has 0 aliphatic carbocycles. The SMILES string of the molecule is C=CCNC(=O)NC(=O)COC(=O)c1ccccc1NC(=O)c1cccc(C)c1. The fourth-order valence-corrected chi connectivity index (χ4v) is 2.33. The maximum atomic E-state index is 12.4. The van der Waals surface area contributed by atoms with E-state index in [0.29, 0.717) is 5.56 Å². The van der Waals surface area contributed by atoms with Gasteiger partial charge in [0.1, 0.15) is 0 Å². The van der Waals surface area contributed by atoms with E-state index >= 15 is 0 Å². The van der Waals surface area contributed by atoms with Crippen LogP contribution in [0.15, 0.2) is 61.2 Å². The van der Waals surface area contributed by atoms with Gasteiger partial charge in [0.2, 0.25) is 0 Å². The van der Waals surface area contributed by atoms with Gasteiger partial charge >= 0.3 is 12.0 Å². The molecule has 0 unspecified atom stereocenters. The number of imide groups is 1. The number of amides is 4. The summed E-state index contributed by atoms with van der Waals surface area (Å²) in [7, 11) is 0. The summed E-state index contributed by atoms with van der Waals surface area (Å²) >= 11 is 0. The van der Waals surface area contributed by atoms with Gasteiger partial charge in [-0.25, -0.2) is 9.59 Å². The van der Waals surface area contributed by atoms with Crippen molar-refractivity contribution in [3.63, 3.8) is 0 Å². The van der Waals surface area contributed by atoms with E-state index < -0.39 is 24.5 Å². The zero-order valence-electron chi connectivity index (χ0n) is 15.9. The predicted octanol–water partition coefficient (Wildman–Crippen LogP) is 2.42. The minimum Gasteiger partial charge on any atom is -0.452 e. The third-order valence-corrected chi connectivity index (χ3v) is 3.67. The Bertz CT molecular complexity index is 939. The van der Waals surface area contributed by atoms with Crippen LogP contribution in [-0.2, 0) is 9.53 Å². The van der Waals surface area contributed by atoms with Gasteiger partial charge in [-0.05, 0) is 31.2 Å². The summed E-state index contributed by atoms with van der Waals surface area (Å²) in [4.78, 5) is 47.8. The Morgan fingerprint density at radius 3 is 2.55 bits per heavy atom. The Morgan fingerprint density at radius 1 is 1.07 bits per heavy atom. The lowest BCUT2D eigenvalue weighted by Gasteiger charge is -2.11. The highest BCUT2D eigenvalue weighted by Crippen LogP contribution is 2.17. The third-order valence-electron chi connectivity index (χ3n) is 3.67. The molecule has 0 bridgehead atoms. The predicted molar refractivity (Wildman–Crippen MR) is 108 cm³/mol. The first kappa shape index (κ1) is 21.4. The van der Waals surface area contributed by atoms with Crippen LogP contribution in [-0.4, -0.2) is 37.0 Å². The summed E-state index contributed by atoms with van der Waals surface area (Å²) in [6.45, 7) is 4.83. The van der Waals surface area contributed by atoms with Crippen molar-refractivity contribution in [1.82, 2.24) is 10.6 Å². The number of carbonyl (C=O) groups excluding carboxylic acids is 4. The van der Waals surface area contributed by atoms with E-state index in [1.165, 1.54) is 12.1 Å². The van der Waals surface area contributed by atoms with Crippen LogP contribution in [0.5, 0.6) is 0 Å². The fourth-order valence-electron chi connectivity index (χ4n) is 2.33. The number of ether oxygens (including phenoxy) is 1. The maximum absolute atomic E-state index is 12.4. The number of nitrogens with one attached hydrogen (secondary N) is 3. The number of urea groups is 1. The molecule has 0 spiro atoms. The summed E-state index contributed by atoms with van der Waals surface area (Å²) in [6, 6.07) is 12.5. The molecule has 0 aliphatic heterocycles. The number of benzene rings is 2. The molecule has 0 saturated heterocycles. The second kappa shape index (κ2) is 10.4. The smallest absolute Gasteiger partial charge is 0.340 e. The molecule has 2 rings (SSSR count). The summed E-state index contributed by atoms with van der Waals surface area (Å²) in [5.41, 5.74) is 1.69. The molecule has 2 aromatic rings. The van der Waals surface area contributed by atoms with Crippen molar-refractivity contribution in [2.45, 2.75) is 6.92 Å². The Hall–Kier alpha value is -3.94. The van der Waals surface area contributed by atoms with Crippen LogP contribution in [0.1, 0.15) is 26.3 Å². The number of rotatable bonds is 7. The minimum atomic E-state index is -0.813. The van der Waals surface area contributed by atoms with Crippen LogP contribution >= 0.6 is 0 Å².